The number of anilines is 1. The fraction of sp³-hybridized carbons (Fsp3) is 0.278. The largest absolute Gasteiger partial charge is 0.497 e. The highest BCUT2D eigenvalue weighted by Crippen LogP contribution is 2.32. The van der Waals surface area contributed by atoms with Crippen LogP contribution in [0.1, 0.15) is 5.56 Å². The second kappa shape index (κ2) is 7.59. The molecule has 1 aliphatic rings. The smallest absolute Gasteiger partial charge is 0.319 e. The van der Waals surface area contributed by atoms with Gasteiger partial charge in [-0.25, -0.2) is 4.79 Å². The molecule has 6 heteroatoms. The first-order chi connectivity index (χ1) is 11.7. The van der Waals surface area contributed by atoms with E-state index in [1.165, 1.54) is 0 Å². The minimum absolute atomic E-state index is 0.250. The second-order valence-electron chi connectivity index (χ2n) is 5.34. The fourth-order valence-electron chi connectivity index (χ4n) is 2.41. The number of nitrogens with one attached hydrogen (secondary N) is 2. The normalized spacial score (nSPS) is 12.4. The molecule has 0 atom stereocenters. The Hall–Kier alpha value is -2.89. The molecule has 24 heavy (non-hydrogen) atoms. The van der Waals surface area contributed by atoms with Crippen molar-refractivity contribution in [2.45, 2.75) is 6.42 Å². The Labute approximate surface area is 140 Å². The van der Waals surface area contributed by atoms with Gasteiger partial charge in [-0.3, -0.25) is 0 Å². The molecule has 2 aromatic carbocycles. The lowest BCUT2D eigenvalue weighted by Crippen LogP contribution is -2.30. The highest BCUT2D eigenvalue weighted by molar-refractivity contribution is 5.89. The molecular formula is C18H20N2O4. The monoisotopic (exact) mass is 328 g/mol. The Morgan fingerprint density at radius 2 is 1.83 bits per heavy atom. The maximum atomic E-state index is 12.0. The molecule has 1 heterocycles. The summed E-state index contributed by atoms with van der Waals surface area (Å²) in [6, 6.07) is 12.9. The summed E-state index contributed by atoms with van der Waals surface area (Å²) >= 11 is 0. The molecule has 0 radical (unpaired) electrons. The molecular weight excluding hydrogens is 308 g/mol. The van der Waals surface area contributed by atoms with Crippen LogP contribution in [-0.4, -0.2) is 32.9 Å². The molecule has 0 saturated heterocycles. The van der Waals surface area contributed by atoms with Gasteiger partial charge < -0.3 is 24.8 Å². The molecule has 3 rings (SSSR count). The Balaban J connectivity index is 1.47. The summed E-state index contributed by atoms with van der Waals surface area (Å²) in [5.74, 6) is 2.17. The van der Waals surface area contributed by atoms with Gasteiger partial charge in [-0.2, -0.15) is 0 Å². The van der Waals surface area contributed by atoms with Crippen LogP contribution >= 0.6 is 0 Å². The molecule has 6 nitrogen and oxygen atoms in total. The third-order valence-corrected chi connectivity index (χ3v) is 3.66. The number of benzene rings is 2. The van der Waals surface area contributed by atoms with E-state index in [0.29, 0.717) is 36.9 Å². The summed E-state index contributed by atoms with van der Waals surface area (Å²) < 4.78 is 16.1. The van der Waals surface area contributed by atoms with Crippen LogP contribution in [0.15, 0.2) is 42.5 Å². The van der Waals surface area contributed by atoms with E-state index in [2.05, 4.69) is 10.6 Å². The Morgan fingerprint density at radius 3 is 2.58 bits per heavy atom. The van der Waals surface area contributed by atoms with Crippen LogP contribution in [0.5, 0.6) is 17.2 Å². The van der Waals surface area contributed by atoms with Gasteiger partial charge in [0, 0.05) is 18.3 Å². The van der Waals surface area contributed by atoms with Crippen LogP contribution in [0.4, 0.5) is 10.5 Å². The molecule has 2 aromatic rings. The molecule has 0 bridgehead atoms. The summed E-state index contributed by atoms with van der Waals surface area (Å²) in [6.07, 6.45) is 0.749. The number of carbonyl (C=O) groups excluding carboxylic acids is 1. The lowest BCUT2D eigenvalue weighted by Gasteiger charge is -2.19. The molecule has 0 aliphatic carbocycles. The first kappa shape index (κ1) is 16.0. The number of rotatable bonds is 5. The van der Waals surface area contributed by atoms with Gasteiger partial charge in [0.15, 0.2) is 11.5 Å². The van der Waals surface area contributed by atoms with E-state index in [4.69, 9.17) is 14.2 Å². The number of carbonyl (C=O) groups is 1. The van der Waals surface area contributed by atoms with E-state index in [9.17, 15) is 4.79 Å². The van der Waals surface area contributed by atoms with Crippen molar-refractivity contribution in [3.63, 3.8) is 0 Å². The SMILES string of the molecule is COc1ccc(CCNC(=O)Nc2ccc3c(c2)OCCO3)cc1. The molecule has 0 unspecified atom stereocenters. The highest BCUT2D eigenvalue weighted by Gasteiger charge is 2.12. The zero-order chi connectivity index (χ0) is 16.8. The molecule has 0 aromatic heterocycles. The van der Waals surface area contributed by atoms with E-state index in [-0.39, 0.29) is 6.03 Å². The van der Waals surface area contributed by atoms with Crippen LogP contribution in [0.25, 0.3) is 0 Å². The van der Waals surface area contributed by atoms with Crippen molar-refractivity contribution in [1.82, 2.24) is 5.32 Å². The maximum absolute atomic E-state index is 12.0. The summed E-state index contributed by atoms with van der Waals surface area (Å²) in [5, 5.41) is 5.63. The lowest BCUT2D eigenvalue weighted by atomic mass is 10.1. The topological polar surface area (TPSA) is 68.8 Å². The first-order valence-electron chi connectivity index (χ1n) is 7.82. The van der Waals surface area contributed by atoms with Crippen LogP contribution in [-0.2, 0) is 6.42 Å². The molecule has 1 aliphatic heterocycles. The van der Waals surface area contributed by atoms with Gasteiger partial charge in [0.05, 0.1) is 7.11 Å². The summed E-state index contributed by atoms with van der Waals surface area (Å²) in [6.45, 7) is 1.61. The van der Waals surface area contributed by atoms with Gasteiger partial charge in [0.2, 0.25) is 0 Å². The molecule has 0 fully saturated rings. The molecule has 126 valence electrons. The standard InChI is InChI=1S/C18H20N2O4/c1-22-15-5-2-13(3-6-15)8-9-19-18(21)20-14-4-7-16-17(12-14)24-11-10-23-16/h2-7,12H,8-11H2,1H3,(H2,19,20,21). The van der Waals surface area contributed by atoms with Gasteiger partial charge in [-0.15, -0.1) is 0 Å². The predicted molar refractivity (Wildman–Crippen MR) is 91.2 cm³/mol. The van der Waals surface area contributed by atoms with Crippen molar-refractivity contribution in [1.29, 1.82) is 0 Å². The average Bonchev–Trinajstić information content (AvgIpc) is 2.62. The fourth-order valence-corrected chi connectivity index (χ4v) is 2.41. The van der Waals surface area contributed by atoms with Crippen molar-refractivity contribution in [2.75, 3.05) is 32.2 Å². The van der Waals surface area contributed by atoms with Crippen LogP contribution < -0.4 is 24.8 Å². The Morgan fingerprint density at radius 1 is 1.08 bits per heavy atom. The number of fused-ring (bicyclic) bond motifs is 1. The average molecular weight is 328 g/mol. The third-order valence-electron chi connectivity index (χ3n) is 3.66. The first-order valence-corrected chi connectivity index (χ1v) is 7.82. The lowest BCUT2D eigenvalue weighted by molar-refractivity contribution is 0.171. The number of ether oxygens (including phenoxy) is 3. The van der Waals surface area contributed by atoms with Crippen LogP contribution in [0.2, 0.25) is 0 Å². The molecule has 2 amide bonds. The minimum atomic E-state index is -0.250. The van der Waals surface area contributed by atoms with Gasteiger partial charge in [0.25, 0.3) is 0 Å². The summed E-state index contributed by atoms with van der Waals surface area (Å²) in [7, 11) is 1.64. The van der Waals surface area contributed by atoms with E-state index >= 15 is 0 Å². The van der Waals surface area contributed by atoms with Crippen molar-refractivity contribution >= 4 is 11.7 Å². The quantitative estimate of drug-likeness (QED) is 0.885. The van der Waals surface area contributed by atoms with Crippen molar-refractivity contribution in [2.24, 2.45) is 0 Å². The summed E-state index contributed by atoms with van der Waals surface area (Å²) in [4.78, 5) is 12.0. The third kappa shape index (κ3) is 4.10. The Bertz CT molecular complexity index is 701. The molecule has 0 saturated carbocycles. The van der Waals surface area contributed by atoms with Gasteiger partial charge in [-0.05, 0) is 36.2 Å². The highest BCUT2D eigenvalue weighted by atomic mass is 16.6. The van der Waals surface area contributed by atoms with Crippen molar-refractivity contribution in [3.05, 3.63) is 48.0 Å². The predicted octanol–water partition coefficient (Wildman–Crippen LogP) is 2.83. The van der Waals surface area contributed by atoms with E-state index < -0.39 is 0 Å². The van der Waals surface area contributed by atoms with E-state index in [1.54, 1.807) is 25.3 Å². The molecule has 0 spiro atoms. The zero-order valence-corrected chi connectivity index (χ0v) is 13.5. The second-order valence-corrected chi connectivity index (χ2v) is 5.34. The van der Waals surface area contributed by atoms with Crippen molar-refractivity contribution in [3.8, 4) is 17.2 Å². The maximum Gasteiger partial charge on any atom is 0.319 e. The van der Waals surface area contributed by atoms with Gasteiger partial charge in [-0.1, -0.05) is 12.1 Å². The zero-order valence-electron chi connectivity index (χ0n) is 13.5. The number of urea groups is 1. The van der Waals surface area contributed by atoms with E-state index in [0.717, 1.165) is 17.7 Å². The summed E-state index contributed by atoms with van der Waals surface area (Å²) in [5.41, 5.74) is 1.80. The van der Waals surface area contributed by atoms with E-state index in [1.807, 2.05) is 24.3 Å². The number of hydrogen-bond acceptors (Lipinski definition) is 4. The van der Waals surface area contributed by atoms with Crippen LogP contribution in [0.3, 0.4) is 0 Å². The molecule has 2 N–H and O–H groups in total. The van der Waals surface area contributed by atoms with Gasteiger partial charge >= 0.3 is 6.03 Å². The number of hydrogen-bond donors (Lipinski definition) is 2. The van der Waals surface area contributed by atoms with Crippen LogP contribution in [0, 0.1) is 0 Å². The number of amides is 2. The van der Waals surface area contributed by atoms with Crippen molar-refractivity contribution < 1.29 is 19.0 Å². The Kier molecular flexibility index (Phi) is 5.05. The number of methoxy groups -OCH3 is 1. The van der Waals surface area contributed by atoms with Gasteiger partial charge in [0.1, 0.15) is 19.0 Å². The minimum Gasteiger partial charge on any atom is -0.497 e.